The summed E-state index contributed by atoms with van der Waals surface area (Å²) in [4.78, 5) is 4.34. The Morgan fingerprint density at radius 3 is 2.72 bits per heavy atom. The zero-order valence-electron chi connectivity index (χ0n) is 11.3. The Balaban J connectivity index is 2.10. The summed E-state index contributed by atoms with van der Waals surface area (Å²) in [5.41, 5.74) is 0. The van der Waals surface area contributed by atoms with Gasteiger partial charge < -0.3 is 14.5 Å². The smallest absolute Gasteiger partial charge is 0.203 e. The number of aryl methyl sites for hydroxylation is 1. The molecule has 1 atom stereocenters. The lowest BCUT2D eigenvalue weighted by Gasteiger charge is -2.16. The molecule has 0 saturated carbocycles. The van der Waals surface area contributed by atoms with E-state index in [4.69, 9.17) is 0 Å². The molecule has 0 radical (unpaired) electrons. The lowest BCUT2D eigenvalue weighted by Crippen LogP contribution is -2.16. The second kappa shape index (κ2) is 5.20. The maximum absolute atomic E-state index is 4.34. The van der Waals surface area contributed by atoms with Crippen molar-refractivity contribution in [3.63, 3.8) is 0 Å². The summed E-state index contributed by atoms with van der Waals surface area (Å²) < 4.78 is 4.03. The number of hydrogen-bond donors (Lipinski definition) is 1. The molecule has 1 unspecified atom stereocenters. The summed E-state index contributed by atoms with van der Waals surface area (Å²) in [6.45, 7) is 7.39. The summed E-state index contributed by atoms with van der Waals surface area (Å²) in [5.74, 6) is 2.36. The molecule has 2 aromatic rings. The summed E-state index contributed by atoms with van der Waals surface area (Å²) in [6, 6.07) is 0.0748. The van der Waals surface area contributed by atoms with Crippen LogP contribution in [0.3, 0.4) is 0 Å². The van der Waals surface area contributed by atoms with Crippen molar-refractivity contribution in [1.82, 2.24) is 24.3 Å². The van der Waals surface area contributed by atoms with Gasteiger partial charge in [0.1, 0.15) is 6.33 Å². The predicted molar refractivity (Wildman–Crippen MR) is 70.1 cm³/mol. The first-order valence-corrected chi connectivity index (χ1v) is 6.19. The number of hydrogen-bond acceptors (Lipinski definition) is 4. The molecule has 6 nitrogen and oxygen atoms in total. The molecule has 18 heavy (non-hydrogen) atoms. The topological polar surface area (TPSA) is 60.6 Å². The molecule has 0 bridgehead atoms. The van der Waals surface area contributed by atoms with Gasteiger partial charge in [-0.15, -0.1) is 10.2 Å². The van der Waals surface area contributed by atoms with Crippen LogP contribution in [0.25, 0.3) is 0 Å². The number of aromatic nitrogens is 5. The van der Waals surface area contributed by atoms with Gasteiger partial charge in [-0.2, -0.15) is 0 Å². The van der Waals surface area contributed by atoms with E-state index in [9.17, 15) is 0 Å². The molecule has 0 spiro atoms. The van der Waals surface area contributed by atoms with Gasteiger partial charge in [-0.3, -0.25) is 0 Å². The Labute approximate surface area is 107 Å². The fraction of sp³-hybridized carbons (Fsp3) is 0.583. The Morgan fingerprint density at radius 1 is 1.33 bits per heavy atom. The van der Waals surface area contributed by atoms with E-state index < -0.39 is 0 Å². The molecule has 0 fully saturated rings. The first-order valence-electron chi connectivity index (χ1n) is 6.19. The van der Waals surface area contributed by atoms with E-state index in [1.165, 1.54) is 0 Å². The van der Waals surface area contributed by atoms with E-state index in [1.807, 2.05) is 24.0 Å². The molecular formula is C12H20N6. The minimum Gasteiger partial charge on any atom is -0.346 e. The standard InChI is InChI=1S/C12H20N6/c1-9(2)7-18-6-5-13-12(18)15-10(3)11-16-14-8-17(11)4/h5-6,8-10H,7H2,1-4H3,(H,13,15). The molecule has 2 heterocycles. The predicted octanol–water partition coefficient (Wildman–Crippen LogP) is 1.84. The van der Waals surface area contributed by atoms with E-state index >= 15 is 0 Å². The van der Waals surface area contributed by atoms with Gasteiger partial charge in [0.15, 0.2) is 5.82 Å². The number of nitrogens with zero attached hydrogens (tertiary/aromatic N) is 5. The van der Waals surface area contributed by atoms with Crippen LogP contribution in [0.2, 0.25) is 0 Å². The van der Waals surface area contributed by atoms with Crippen LogP contribution >= 0.6 is 0 Å². The van der Waals surface area contributed by atoms with Gasteiger partial charge in [0, 0.05) is 26.0 Å². The highest BCUT2D eigenvalue weighted by molar-refractivity contribution is 5.28. The van der Waals surface area contributed by atoms with Crippen LogP contribution in [0.4, 0.5) is 5.95 Å². The van der Waals surface area contributed by atoms with Gasteiger partial charge >= 0.3 is 0 Å². The van der Waals surface area contributed by atoms with Crippen LogP contribution in [-0.2, 0) is 13.6 Å². The molecule has 0 aliphatic heterocycles. The zero-order valence-corrected chi connectivity index (χ0v) is 11.3. The lowest BCUT2D eigenvalue weighted by molar-refractivity contribution is 0.523. The minimum atomic E-state index is 0.0748. The number of nitrogens with one attached hydrogen (secondary N) is 1. The van der Waals surface area contributed by atoms with E-state index in [0.29, 0.717) is 5.92 Å². The Kier molecular flexibility index (Phi) is 3.64. The van der Waals surface area contributed by atoms with E-state index in [-0.39, 0.29) is 6.04 Å². The number of rotatable bonds is 5. The SMILES string of the molecule is CC(C)Cn1ccnc1NC(C)c1nncn1C. The summed E-state index contributed by atoms with van der Waals surface area (Å²) in [7, 11) is 1.94. The largest absolute Gasteiger partial charge is 0.346 e. The van der Waals surface area contributed by atoms with Gasteiger partial charge in [0.25, 0.3) is 0 Å². The molecule has 98 valence electrons. The minimum absolute atomic E-state index is 0.0748. The summed E-state index contributed by atoms with van der Waals surface area (Å²) in [6.07, 6.45) is 5.51. The van der Waals surface area contributed by atoms with Crippen molar-refractivity contribution in [2.24, 2.45) is 13.0 Å². The molecule has 2 rings (SSSR count). The monoisotopic (exact) mass is 248 g/mol. The van der Waals surface area contributed by atoms with E-state index in [2.05, 4.69) is 45.8 Å². The van der Waals surface area contributed by atoms with Crippen molar-refractivity contribution in [1.29, 1.82) is 0 Å². The average molecular weight is 248 g/mol. The third-order valence-corrected chi connectivity index (χ3v) is 2.76. The van der Waals surface area contributed by atoms with Gasteiger partial charge in [-0.05, 0) is 12.8 Å². The van der Waals surface area contributed by atoms with Crippen LogP contribution in [0.1, 0.15) is 32.6 Å². The second-order valence-corrected chi connectivity index (χ2v) is 4.96. The first kappa shape index (κ1) is 12.6. The van der Waals surface area contributed by atoms with Crippen LogP contribution in [0.15, 0.2) is 18.7 Å². The molecule has 2 aromatic heterocycles. The number of anilines is 1. The van der Waals surface area contributed by atoms with Gasteiger partial charge in [0.2, 0.25) is 5.95 Å². The molecule has 1 N–H and O–H groups in total. The Morgan fingerprint density at radius 2 is 2.11 bits per heavy atom. The molecule has 0 amide bonds. The van der Waals surface area contributed by atoms with Crippen LogP contribution in [0, 0.1) is 5.92 Å². The highest BCUT2D eigenvalue weighted by Gasteiger charge is 2.13. The van der Waals surface area contributed by atoms with Gasteiger partial charge in [0.05, 0.1) is 6.04 Å². The fourth-order valence-corrected chi connectivity index (χ4v) is 1.93. The van der Waals surface area contributed by atoms with Crippen LogP contribution in [0.5, 0.6) is 0 Å². The van der Waals surface area contributed by atoms with Gasteiger partial charge in [-0.25, -0.2) is 4.98 Å². The fourth-order valence-electron chi connectivity index (χ4n) is 1.93. The molecule has 0 saturated heterocycles. The maximum Gasteiger partial charge on any atom is 0.203 e. The van der Waals surface area contributed by atoms with Crippen molar-refractivity contribution in [2.75, 3.05) is 5.32 Å². The van der Waals surface area contributed by atoms with Crippen molar-refractivity contribution in [3.8, 4) is 0 Å². The van der Waals surface area contributed by atoms with Crippen molar-refractivity contribution in [3.05, 3.63) is 24.5 Å². The van der Waals surface area contributed by atoms with Crippen LogP contribution < -0.4 is 5.32 Å². The Bertz CT molecular complexity index is 498. The molecular weight excluding hydrogens is 228 g/mol. The lowest BCUT2D eigenvalue weighted by atomic mass is 10.2. The Hall–Kier alpha value is -1.85. The third kappa shape index (κ3) is 2.69. The normalized spacial score (nSPS) is 12.9. The van der Waals surface area contributed by atoms with Crippen LogP contribution in [-0.4, -0.2) is 24.3 Å². The molecule has 6 heteroatoms. The maximum atomic E-state index is 4.34. The van der Waals surface area contributed by atoms with Crippen molar-refractivity contribution >= 4 is 5.95 Å². The highest BCUT2D eigenvalue weighted by Crippen LogP contribution is 2.16. The molecule has 0 aliphatic rings. The van der Waals surface area contributed by atoms with Gasteiger partial charge in [-0.1, -0.05) is 13.8 Å². The van der Waals surface area contributed by atoms with E-state index in [1.54, 1.807) is 6.33 Å². The second-order valence-electron chi connectivity index (χ2n) is 4.96. The van der Waals surface area contributed by atoms with Crippen molar-refractivity contribution < 1.29 is 0 Å². The molecule has 0 aromatic carbocycles. The number of imidazole rings is 1. The summed E-state index contributed by atoms with van der Waals surface area (Å²) in [5, 5.41) is 11.4. The first-order chi connectivity index (χ1) is 8.58. The zero-order chi connectivity index (χ0) is 13.1. The van der Waals surface area contributed by atoms with Crippen molar-refractivity contribution in [2.45, 2.75) is 33.4 Å². The average Bonchev–Trinajstić information content (AvgIpc) is 2.88. The highest BCUT2D eigenvalue weighted by atomic mass is 15.3. The molecule has 0 aliphatic carbocycles. The van der Waals surface area contributed by atoms with E-state index in [0.717, 1.165) is 18.3 Å². The third-order valence-electron chi connectivity index (χ3n) is 2.76. The quantitative estimate of drug-likeness (QED) is 0.877. The summed E-state index contributed by atoms with van der Waals surface area (Å²) >= 11 is 0.